The summed E-state index contributed by atoms with van der Waals surface area (Å²) in [6, 6.07) is 7.24. The van der Waals surface area contributed by atoms with E-state index >= 15 is 0 Å². The van der Waals surface area contributed by atoms with Crippen molar-refractivity contribution in [1.82, 2.24) is 9.88 Å². The normalized spacial score (nSPS) is 13.0. The summed E-state index contributed by atoms with van der Waals surface area (Å²) in [5.74, 6) is -0.907. The fraction of sp³-hybridized carbons (Fsp3) is 0.412. The molecular weight excluding hydrogens is 330 g/mol. The SMILES string of the molecule is COC(=O)C(C)CN(C)C(=O)[C@@H](N)Cc1c[nH]c2ccccc12.Cl. The molecule has 2 aromatic rings. The molecule has 1 aromatic heterocycles. The fourth-order valence-electron chi connectivity index (χ4n) is 2.68. The average Bonchev–Trinajstić information content (AvgIpc) is 2.96. The highest BCUT2D eigenvalue weighted by atomic mass is 35.5. The van der Waals surface area contributed by atoms with E-state index in [0.29, 0.717) is 6.42 Å². The van der Waals surface area contributed by atoms with Gasteiger partial charge in [-0.1, -0.05) is 25.1 Å². The number of nitrogens with two attached hydrogens (primary N) is 1. The number of nitrogens with zero attached hydrogens (tertiary/aromatic N) is 1. The first kappa shape index (κ1) is 20.0. The smallest absolute Gasteiger partial charge is 0.310 e. The van der Waals surface area contributed by atoms with Gasteiger partial charge in [0.2, 0.25) is 5.91 Å². The van der Waals surface area contributed by atoms with Crippen molar-refractivity contribution in [1.29, 1.82) is 0 Å². The molecular formula is C17H24ClN3O3. The quantitative estimate of drug-likeness (QED) is 0.774. The van der Waals surface area contributed by atoms with Crippen LogP contribution < -0.4 is 5.73 Å². The minimum atomic E-state index is -0.649. The summed E-state index contributed by atoms with van der Waals surface area (Å²) in [5.41, 5.74) is 8.10. The van der Waals surface area contributed by atoms with Gasteiger partial charge in [0.25, 0.3) is 0 Å². The van der Waals surface area contributed by atoms with Crippen LogP contribution in [0.15, 0.2) is 30.5 Å². The van der Waals surface area contributed by atoms with Crippen LogP contribution in [0, 0.1) is 5.92 Å². The van der Waals surface area contributed by atoms with Gasteiger partial charge in [0.05, 0.1) is 19.1 Å². The second-order valence-electron chi connectivity index (χ2n) is 5.81. The molecule has 1 aromatic carbocycles. The number of hydrogen-bond donors (Lipinski definition) is 2. The van der Waals surface area contributed by atoms with Gasteiger partial charge in [-0.25, -0.2) is 0 Å². The van der Waals surface area contributed by atoms with Crippen LogP contribution in [0.3, 0.4) is 0 Å². The Morgan fingerprint density at radius 2 is 2.00 bits per heavy atom. The number of methoxy groups -OCH3 is 1. The summed E-state index contributed by atoms with van der Waals surface area (Å²) in [5, 5.41) is 1.07. The third-order valence-electron chi connectivity index (χ3n) is 3.96. The van der Waals surface area contributed by atoms with E-state index in [4.69, 9.17) is 5.73 Å². The molecule has 24 heavy (non-hydrogen) atoms. The number of likely N-dealkylation sites (N-methyl/N-ethyl adjacent to an activating group) is 1. The van der Waals surface area contributed by atoms with Gasteiger partial charge in [0.15, 0.2) is 0 Å². The first-order valence-electron chi connectivity index (χ1n) is 7.57. The Kier molecular flexibility index (Phi) is 7.25. The van der Waals surface area contributed by atoms with Crippen LogP contribution in [0.4, 0.5) is 0 Å². The van der Waals surface area contributed by atoms with Gasteiger partial charge >= 0.3 is 5.97 Å². The summed E-state index contributed by atoms with van der Waals surface area (Å²) in [6.07, 6.45) is 2.33. The molecule has 0 aliphatic carbocycles. The van der Waals surface area contributed by atoms with Gasteiger partial charge in [-0.2, -0.15) is 0 Å². The van der Waals surface area contributed by atoms with Crippen molar-refractivity contribution < 1.29 is 14.3 Å². The minimum Gasteiger partial charge on any atom is -0.469 e. The van der Waals surface area contributed by atoms with E-state index in [2.05, 4.69) is 9.72 Å². The standard InChI is InChI=1S/C17H23N3O3.ClH/c1-11(17(22)23-3)10-20(2)16(21)14(18)8-12-9-19-15-7-5-4-6-13(12)15;/h4-7,9,11,14,19H,8,10,18H2,1-3H3;1H/t11?,14-;/m0./s1. The minimum absolute atomic E-state index is 0. The number of esters is 1. The highest BCUT2D eigenvalue weighted by Gasteiger charge is 2.23. The number of amides is 1. The van der Waals surface area contributed by atoms with Crippen LogP contribution >= 0.6 is 12.4 Å². The second-order valence-corrected chi connectivity index (χ2v) is 5.81. The molecule has 0 saturated carbocycles. The molecule has 0 radical (unpaired) electrons. The van der Waals surface area contributed by atoms with E-state index < -0.39 is 6.04 Å². The second kappa shape index (κ2) is 8.70. The number of hydrogen-bond acceptors (Lipinski definition) is 4. The molecule has 0 spiro atoms. The third-order valence-corrected chi connectivity index (χ3v) is 3.96. The number of aromatic amines is 1. The molecule has 1 heterocycles. The maximum absolute atomic E-state index is 12.4. The third kappa shape index (κ3) is 4.49. The largest absolute Gasteiger partial charge is 0.469 e. The number of carbonyl (C=O) groups is 2. The Morgan fingerprint density at radius 3 is 2.67 bits per heavy atom. The van der Waals surface area contributed by atoms with Crippen LogP contribution in [0.25, 0.3) is 10.9 Å². The number of nitrogens with one attached hydrogen (secondary N) is 1. The summed E-state index contributed by atoms with van der Waals surface area (Å²) >= 11 is 0. The molecule has 1 unspecified atom stereocenters. The number of aromatic nitrogens is 1. The number of H-pyrrole nitrogens is 1. The van der Waals surface area contributed by atoms with Crippen molar-refractivity contribution in [3.63, 3.8) is 0 Å². The maximum atomic E-state index is 12.4. The van der Waals surface area contributed by atoms with Gasteiger partial charge in [0.1, 0.15) is 0 Å². The van der Waals surface area contributed by atoms with E-state index in [0.717, 1.165) is 16.5 Å². The zero-order valence-corrected chi connectivity index (χ0v) is 14.9. The molecule has 2 atom stereocenters. The first-order chi connectivity index (χ1) is 10.9. The Bertz CT molecular complexity index is 701. The van der Waals surface area contributed by atoms with Crippen molar-refractivity contribution in [2.75, 3.05) is 20.7 Å². The van der Waals surface area contributed by atoms with E-state index in [1.165, 1.54) is 12.0 Å². The zero-order valence-electron chi connectivity index (χ0n) is 14.1. The van der Waals surface area contributed by atoms with E-state index in [1.54, 1.807) is 14.0 Å². The number of halogens is 1. The van der Waals surface area contributed by atoms with Crippen molar-refractivity contribution in [3.05, 3.63) is 36.0 Å². The van der Waals surface area contributed by atoms with Crippen LogP contribution in [0.5, 0.6) is 0 Å². The Labute approximate surface area is 147 Å². The van der Waals surface area contributed by atoms with Gasteiger partial charge in [-0.3, -0.25) is 9.59 Å². The van der Waals surface area contributed by atoms with E-state index in [1.807, 2.05) is 30.5 Å². The molecule has 0 bridgehead atoms. The number of ether oxygens (including phenoxy) is 1. The molecule has 6 nitrogen and oxygen atoms in total. The molecule has 7 heteroatoms. The maximum Gasteiger partial charge on any atom is 0.310 e. The number of rotatable bonds is 6. The number of fused-ring (bicyclic) bond motifs is 1. The lowest BCUT2D eigenvalue weighted by atomic mass is 10.0. The van der Waals surface area contributed by atoms with Gasteiger partial charge in [-0.05, 0) is 18.1 Å². The first-order valence-corrected chi connectivity index (χ1v) is 7.57. The molecule has 0 fully saturated rings. The molecule has 2 rings (SSSR count). The topological polar surface area (TPSA) is 88.4 Å². The molecule has 1 amide bonds. The predicted octanol–water partition coefficient (Wildman–Crippen LogP) is 1.73. The van der Waals surface area contributed by atoms with Gasteiger partial charge in [-0.15, -0.1) is 12.4 Å². The van der Waals surface area contributed by atoms with Crippen LogP contribution in [0.1, 0.15) is 12.5 Å². The molecule has 0 aliphatic heterocycles. The van der Waals surface area contributed by atoms with Crippen LogP contribution in [0.2, 0.25) is 0 Å². The molecule has 132 valence electrons. The van der Waals surface area contributed by atoms with E-state index in [-0.39, 0.29) is 36.7 Å². The molecule has 0 saturated heterocycles. The summed E-state index contributed by atoms with van der Waals surface area (Å²) < 4.78 is 4.67. The van der Waals surface area contributed by atoms with Crippen LogP contribution in [-0.4, -0.2) is 48.5 Å². The Morgan fingerprint density at radius 1 is 1.33 bits per heavy atom. The monoisotopic (exact) mass is 353 g/mol. The fourth-order valence-corrected chi connectivity index (χ4v) is 2.68. The van der Waals surface area contributed by atoms with Crippen molar-refractivity contribution in [2.45, 2.75) is 19.4 Å². The number of carbonyl (C=O) groups excluding carboxylic acids is 2. The number of para-hydroxylation sites is 1. The van der Waals surface area contributed by atoms with Crippen molar-refractivity contribution in [3.8, 4) is 0 Å². The molecule has 0 aliphatic rings. The van der Waals surface area contributed by atoms with Crippen molar-refractivity contribution >= 4 is 35.2 Å². The van der Waals surface area contributed by atoms with Crippen LogP contribution in [-0.2, 0) is 20.7 Å². The zero-order chi connectivity index (χ0) is 17.0. The highest BCUT2D eigenvalue weighted by Crippen LogP contribution is 2.19. The predicted molar refractivity (Wildman–Crippen MR) is 96.0 cm³/mol. The summed E-state index contributed by atoms with van der Waals surface area (Å²) in [6.45, 7) is 2.01. The Balaban J connectivity index is 0.00000288. The lowest BCUT2D eigenvalue weighted by Gasteiger charge is -2.23. The highest BCUT2D eigenvalue weighted by molar-refractivity contribution is 5.86. The van der Waals surface area contributed by atoms with E-state index in [9.17, 15) is 9.59 Å². The van der Waals surface area contributed by atoms with Gasteiger partial charge in [0, 0.05) is 30.7 Å². The summed E-state index contributed by atoms with van der Waals surface area (Å²) in [4.78, 5) is 28.5. The Hall–Kier alpha value is -2.05. The van der Waals surface area contributed by atoms with Gasteiger partial charge < -0.3 is 20.4 Å². The number of benzene rings is 1. The average molecular weight is 354 g/mol. The lowest BCUT2D eigenvalue weighted by Crippen LogP contribution is -2.45. The summed E-state index contributed by atoms with van der Waals surface area (Å²) in [7, 11) is 2.99. The molecule has 3 N–H and O–H groups in total. The van der Waals surface area contributed by atoms with Crippen molar-refractivity contribution in [2.24, 2.45) is 11.7 Å². The lowest BCUT2D eigenvalue weighted by molar-refractivity contribution is -0.146.